The Morgan fingerprint density at radius 3 is 2.81 bits per heavy atom. The zero-order chi connectivity index (χ0) is 18.1. The molecular formula is C20H21N5O. The highest BCUT2D eigenvalue weighted by Crippen LogP contribution is 2.29. The first-order valence-electron chi connectivity index (χ1n) is 8.81. The second kappa shape index (κ2) is 6.63. The Kier molecular flexibility index (Phi) is 4.16. The summed E-state index contributed by atoms with van der Waals surface area (Å²) < 4.78 is 2.16. The van der Waals surface area contributed by atoms with Gasteiger partial charge in [-0.3, -0.25) is 4.79 Å². The van der Waals surface area contributed by atoms with Gasteiger partial charge in [-0.15, -0.1) is 0 Å². The molecule has 0 saturated carbocycles. The highest BCUT2D eigenvalue weighted by molar-refractivity contribution is 5.98. The standard InChI is InChI=1S/C20H21N5O/c1-2-25-17-11-14(10-13-6-4-3-5-7-13)23-19(26)15(17)12-18(25)16-8-9-22-20(21)24-16/h3-9,12,14H,2,10-11H2,1H3,(H,23,26)(H2,21,22,24). The Bertz CT molecular complexity index is 948. The summed E-state index contributed by atoms with van der Waals surface area (Å²) in [6.07, 6.45) is 3.25. The van der Waals surface area contributed by atoms with Crippen molar-refractivity contribution in [2.24, 2.45) is 0 Å². The van der Waals surface area contributed by atoms with Crippen LogP contribution in [0.3, 0.4) is 0 Å². The molecule has 0 saturated heterocycles. The fourth-order valence-corrected chi connectivity index (χ4v) is 3.66. The summed E-state index contributed by atoms with van der Waals surface area (Å²) in [6.45, 7) is 2.84. The molecule has 1 aliphatic rings. The minimum atomic E-state index is -0.0253. The molecule has 0 spiro atoms. The molecule has 1 atom stereocenters. The van der Waals surface area contributed by atoms with Crippen LogP contribution in [0.5, 0.6) is 0 Å². The monoisotopic (exact) mass is 347 g/mol. The van der Waals surface area contributed by atoms with E-state index in [4.69, 9.17) is 5.73 Å². The minimum Gasteiger partial charge on any atom is -0.368 e. The molecule has 132 valence electrons. The molecule has 2 aromatic heterocycles. The summed E-state index contributed by atoms with van der Waals surface area (Å²) in [6, 6.07) is 14.1. The third-order valence-corrected chi connectivity index (χ3v) is 4.81. The van der Waals surface area contributed by atoms with Gasteiger partial charge in [-0.1, -0.05) is 30.3 Å². The average Bonchev–Trinajstić information content (AvgIpc) is 3.02. The predicted octanol–water partition coefficient (Wildman–Crippen LogP) is 2.44. The maximum Gasteiger partial charge on any atom is 0.253 e. The van der Waals surface area contributed by atoms with Crippen LogP contribution in [-0.4, -0.2) is 26.5 Å². The largest absolute Gasteiger partial charge is 0.368 e. The lowest BCUT2D eigenvalue weighted by Gasteiger charge is -2.25. The zero-order valence-corrected chi connectivity index (χ0v) is 14.6. The van der Waals surface area contributed by atoms with Crippen molar-refractivity contribution in [3.63, 3.8) is 0 Å². The predicted molar refractivity (Wildman–Crippen MR) is 101 cm³/mol. The van der Waals surface area contributed by atoms with Crippen LogP contribution in [0.2, 0.25) is 0 Å². The smallest absolute Gasteiger partial charge is 0.253 e. The van der Waals surface area contributed by atoms with E-state index in [1.54, 1.807) is 6.20 Å². The molecule has 4 rings (SSSR count). The first-order valence-corrected chi connectivity index (χ1v) is 8.81. The molecule has 3 heterocycles. The minimum absolute atomic E-state index is 0.0253. The lowest BCUT2D eigenvalue weighted by atomic mass is 9.96. The third-order valence-electron chi connectivity index (χ3n) is 4.81. The molecule has 3 N–H and O–H groups in total. The van der Waals surface area contributed by atoms with E-state index >= 15 is 0 Å². The van der Waals surface area contributed by atoms with Crippen molar-refractivity contribution in [2.45, 2.75) is 32.4 Å². The van der Waals surface area contributed by atoms with Crippen LogP contribution in [0.15, 0.2) is 48.7 Å². The summed E-state index contributed by atoms with van der Waals surface area (Å²) in [7, 11) is 0. The Labute approximate surface area is 152 Å². The van der Waals surface area contributed by atoms with E-state index in [9.17, 15) is 4.79 Å². The molecule has 6 heteroatoms. The van der Waals surface area contributed by atoms with Crippen LogP contribution in [0.25, 0.3) is 11.4 Å². The molecule has 1 unspecified atom stereocenters. The first-order chi connectivity index (χ1) is 12.7. The molecule has 0 aliphatic carbocycles. The number of nitrogens with zero attached hydrogens (tertiary/aromatic N) is 3. The molecular weight excluding hydrogens is 326 g/mol. The number of rotatable bonds is 4. The van der Waals surface area contributed by atoms with Crippen LogP contribution in [0, 0.1) is 0 Å². The van der Waals surface area contributed by atoms with Gasteiger partial charge in [-0.2, -0.15) is 0 Å². The van der Waals surface area contributed by atoms with Gasteiger partial charge in [-0.25, -0.2) is 9.97 Å². The van der Waals surface area contributed by atoms with Crippen LogP contribution in [0.4, 0.5) is 5.95 Å². The van der Waals surface area contributed by atoms with Gasteiger partial charge in [0.1, 0.15) is 0 Å². The number of amides is 1. The number of carbonyl (C=O) groups excluding carboxylic acids is 1. The number of nitrogen functional groups attached to an aromatic ring is 1. The van der Waals surface area contributed by atoms with E-state index in [-0.39, 0.29) is 17.9 Å². The number of nitrogens with one attached hydrogen (secondary N) is 1. The average molecular weight is 347 g/mol. The second-order valence-electron chi connectivity index (χ2n) is 6.50. The van der Waals surface area contributed by atoms with Crippen LogP contribution in [0.1, 0.15) is 28.5 Å². The molecule has 1 aliphatic heterocycles. The van der Waals surface area contributed by atoms with Crippen molar-refractivity contribution in [2.75, 3.05) is 5.73 Å². The summed E-state index contributed by atoms with van der Waals surface area (Å²) in [5.74, 6) is 0.207. The molecule has 0 bridgehead atoms. The number of nitrogens with two attached hydrogens (primary N) is 1. The number of hydrogen-bond acceptors (Lipinski definition) is 4. The van der Waals surface area contributed by atoms with Gasteiger partial charge < -0.3 is 15.6 Å². The normalized spacial score (nSPS) is 16.2. The van der Waals surface area contributed by atoms with E-state index < -0.39 is 0 Å². The Hall–Kier alpha value is -3.15. The summed E-state index contributed by atoms with van der Waals surface area (Å²) in [5, 5.41) is 3.14. The molecule has 6 nitrogen and oxygen atoms in total. The van der Waals surface area contributed by atoms with Crippen molar-refractivity contribution in [1.29, 1.82) is 0 Å². The Balaban J connectivity index is 1.70. The number of fused-ring (bicyclic) bond motifs is 1. The Morgan fingerprint density at radius 2 is 2.08 bits per heavy atom. The van der Waals surface area contributed by atoms with Crippen molar-refractivity contribution >= 4 is 11.9 Å². The van der Waals surface area contributed by atoms with Gasteiger partial charge in [0.25, 0.3) is 5.91 Å². The van der Waals surface area contributed by atoms with E-state index in [2.05, 4.69) is 38.9 Å². The molecule has 3 aromatic rings. The SMILES string of the molecule is CCn1c(-c2ccnc(N)n2)cc2c1CC(Cc1ccccc1)NC2=O. The van der Waals surface area contributed by atoms with Crippen molar-refractivity contribution in [1.82, 2.24) is 19.9 Å². The number of aromatic nitrogens is 3. The van der Waals surface area contributed by atoms with Crippen LogP contribution < -0.4 is 11.1 Å². The van der Waals surface area contributed by atoms with Gasteiger partial charge >= 0.3 is 0 Å². The van der Waals surface area contributed by atoms with Crippen LogP contribution in [-0.2, 0) is 19.4 Å². The number of anilines is 1. The summed E-state index contributed by atoms with van der Waals surface area (Å²) >= 11 is 0. The van der Waals surface area contributed by atoms with Gasteiger partial charge in [0.2, 0.25) is 5.95 Å². The molecule has 0 fully saturated rings. The lowest BCUT2D eigenvalue weighted by molar-refractivity contribution is 0.0924. The topological polar surface area (TPSA) is 85.8 Å². The summed E-state index contributed by atoms with van der Waals surface area (Å²) in [5.41, 5.74) is 10.4. The highest BCUT2D eigenvalue weighted by atomic mass is 16.1. The van der Waals surface area contributed by atoms with Gasteiger partial charge in [-0.05, 0) is 31.0 Å². The van der Waals surface area contributed by atoms with E-state index in [0.29, 0.717) is 0 Å². The molecule has 1 aromatic carbocycles. The van der Waals surface area contributed by atoms with Crippen molar-refractivity contribution in [3.05, 3.63) is 65.5 Å². The van der Waals surface area contributed by atoms with Gasteiger partial charge in [0.05, 0.1) is 17.0 Å². The number of carbonyl (C=O) groups is 1. The molecule has 26 heavy (non-hydrogen) atoms. The highest BCUT2D eigenvalue weighted by Gasteiger charge is 2.29. The fraction of sp³-hybridized carbons (Fsp3) is 0.250. The maximum atomic E-state index is 12.7. The molecule has 0 radical (unpaired) electrons. The van der Waals surface area contributed by atoms with E-state index in [0.717, 1.165) is 42.0 Å². The second-order valence-corrected chi connectivity index (χ2v) is 6.50. The van der Waals surface area contributed by atoms with Crippen molar-refractivity contribution in [3.8, 4) is 11.4 Å². The third kappa shape index (κ3) is 2.94. The quantitative estimate of drug-likeness (QED) is 0.759. The summed E-state index contributed by atoms with van der Waals surface area (Å²) in [4.78, 5) is 21.0. The zero-order valence-electron chi connectivity index (χ0n) is 14.6. The van der Waals surface area contributed by atoms with Crippen LogP contribution >= 0.6 is 0 Å². The van der Waals surface area contributed by atoms with Gasteiger partial charge in [0, 0.05) is 30.9 Å². The van der Waals surface area contributed by atoms with Crippen molar-refractivity contribution < 1.29 is 4.79 Å². The molecule has 1 amide bonds. The van der Waals surface area contributed by atoms with Gasteiger partial charge in [0.15, 0.2) is 0 Å². The van der Waals surface area contributed by atoms with E-state index in [1.165, 1.54) is 5.56 Å². The van der Waals surface area contributed by atoms with E-state index in [1.807, 2.05) is 30.3 Å². The fourth-order valence-electron chi connectivity index (χ4n) is 3.66. The maximum absolute atomic E-state index is 12.7. The first kappa shape index (κ1) is 16.3. The Morgan fingerprint density at radius 1 is 1.27 bits per heavy atom. The lowest BCUT2D eigenvalue weighted by Crippen LogP contribution is -2.43. The number of benzene rings is 1. The number of hydrogen-bond donors (Lipinski definition) is 2.